The Kier molecular flexibility index (Phi) is 9.01. The molecule has 3 saturated heterocycles. The Morgan fingerprint density at radius 3 is 2.49 bits per heavy atom. The van der Waals surface area contributed by atoms with Crippen LogP contribution in [0.5, 0.6) is 6.01 Å². The number of nitrogen functional groups attached to an aromatic ring is 1. The number of rotatable bonds is 3. The van der Waals surface area contributed by atoms with Crippen LogP contribution in [0, 0.1) is 5.92 Å². The first-order chi connectivity index (χ1) is 20.3. The zero-order valence-electron chi connectivity index (χ0n) is 23.2. The van der Waals surface area contributed by atoms with Crippen LogP contribution in [-0.2, 0) is 23.9 Å². The number of ether oxygens (including phenoxy) is 2. The molecule has 0 radical (unpaired) electrons. The van der Waals surface area contributed by atoms with Crippen LogP contribution in [0.4, 0.5) is 42.2 Å². The maximum atomic E-state index is 13.7. The Bertz CT molecular complexity index is 1360. The molecule has 1 aromatic heterocycles. The fraction of sp³-hybridized carbons (Fsp3) is 0.571. The van der Waals surface area contributed by atoms with Crippen molar-refractivity contribution in [3.63, 3.8) is 0 Å². The summed E-state index contributed by atoms with van der Waals surface area (Å²) in [7, 11) is 1.30. The lowest BCUT2D eigenvalue weighted by molar-refractivity contribution is -0.168. The molecule has 6 rings (SSSR count). The van der Waals surface area contributed by atoms with Crippen LogP contribution in [-0.4, -0.2) is 60.4 Å². The minimum atomic E-state index is -4.75. The molecule has 5 heterocycles. The zero-order valence-corrected chi connectivity index (χ0v) is 24.0. The maximum Gasteiger partial charge on any atom is 0.418 e. The second kappa shape index (κ2) is 12.3. The predicted molar refractivity (Wildman–Crippen MR) is 145 cm³/mol. The van der Waals surface area contributed by atoms with Gasteiger partial charge in [0.2, 0.25) is 0 Å². The molecule has 0 saturated carbocycles. The van der Waals surface area contributed by atoms with Crippen molar-refractivity contribution in [2.45, 2.75) is 63.2 Å². The lowest BCUT2D eigenvalue weighted by Gasteiger charge is -2.30. The molecule has 3 unspecified atom stereocenters. The van der Waals surface area contributed by atoms with Gasteiger partial charge in [-0.25, -0.2) is 4.39 Å². The van der Waals surface area contributed by atoms with Crippen LogP contribution in [0.1, 0.15) is 54.2 Å². The molecule has 236 valence electrons. The van der Waals surface area contributed by atoms with Crippen molar-refractivity contribution in [2.24, 2.45) is 5.92 Å². The van der Waals surface area contributed by atoms with Crippen molar-refractivity contribution in [1.82, 2.24) is 14.9 Å². The van der Waals surface area contributed by atoms with Crippen molar-refractivity contribution in [3.05, 3.63) is 51.4 Å². The number of methoxy groups -OCH3 is 1. The average molecular weight is 638 g/mol. The van der Waals surface area contributed by atoms with E-state index >= 15 is 0 Å². The Balaban J connectivity index is 0.000000308. The van der Waals surface area contributed by atoms with Gasteiger partial charge in [-0.15, -0.1) is 0 Å². The molecule has 43 heavy (non-hydrogen) atoms. The quantitative estimate of drug-likeness (QED) is 0.298. The van der Waals surface area contributed by atoms with E-state index in [0.29, 0.717) is 17.3 Å². The number of benzene rings is 1. The van der Waals surface area contributed by atoms with Gasteiger partial charge in [-0.2, -0.15) is 36.3 Å². The third kappa shape index (κ3) is 6.80. The first-order valence-electron chi connectivity index (χ1n) is 13.8. The van der Waals surface area contributed by atoms with E-state index in [0.717, 1.165) is 37.0 Å². The van der Waals surface area contributed by atoms with Gasteiger partial charge in [-0.3, -0.25) is 4.90 Å². The van der Waals surface area contributed by atoms with Crippen LogP contribution in [0.15, 0.2) is 24.0 Å². The van der Waals surface area contributed by atoms with Crippen molar-refractivity contribution in [1.29, 1.82) is 0 Å². The summed E-state index contributed by atoms with van der Waals surface area (Å²) in [6.45, 7) is 1.70. The van der Waals surface area contributed by atoms with Crippen LogP contribution in [0.3, 0.4) is 0 Å². The molecule has 3 fully saturated rings. The van der Waals surface area contributed by atoms with Gasteiger partial charge in [0.05, 0.1) is 48.3 Å². The van der Waals surface area contributed by atoms with E-state index in [9.17, 15) is 30.7 Å². The molecule has 2 N–H and O–H groups in total. The minimum Gasteiger partial charge on any atom is -0.467 e. The normalized spacial score (nSPS) is 25.0. The van der Waals surface area contributed by atoms with E-state index in [1.54, 1.807) is 0 Å². The number of halogens is 8. The van der Waals surface area contributed by atoms with E-state index < -0.39 is 35.0 Å². The van der Waals surface area contributed by atoms with Crippen LogP contribution in [0.25, 0.3) is 0 Å². The van der Waals surface area contributed by atoms with Crippen LogP contribution in [0.2, 0.25) is 5.02 Å². The Labute approximate surface area is 248 Å². The molecular weight excluding hydrogens is 607 g/mol. The standard InChI is InChI=1S/C20H19ClF6N4O2.C8H12FN/c1-32-18-29-14-6-15(11-4-10(28)5-13(21)16(11)20(25,26)27)33-8-12(14)17(30-18)31-3-2-9(7-31)19(22,23)24;9-5-7-4-8-2-1-3-10(8)6-7/h4-5,9,15H,2-3,6-8,28H2,1H3;5,8H,1-4,6H2/b;7-5-. The Morgan fingerprint density at radius 2 is 1.86 bits per heavy atom. The topological polar surface area (TPSA) is 76.7 Å². The highest BCUT2D eigenvalue weighted by Gasteiger charge is 2.45. The molecule has 3 atom stereocenters. The summed E-state index contributed by atoms with van der Waals surface area (Å²) >= 11 is 5.85. The number of hydrogen-bond donors (Lipinski definition) is 1. The lowest BCUT2D eigenvalue weighted by Crippen LogP contribution is -2.30. The van der Waals surface area contributed by atoms with Crippen molar-refractivity contribution >= 4 is 23.1 Å². The van der Waals surface area contributed by atoms with Crippen molar-refractivity contribution in [3.8, 4) is 6.01 Å². The lowest BCUT2D eigenvalue weighted by atomic mass is 9.94. The molecular formula is C28H31ClF7N5O2. The summed E-state index contributed by atoms with van der Waals surface area (Å²) in [6.07, 6.45) is -6.00. The molecule has 1 aromatic carbocycles. The smallest absolute Gasteiger partial charge is 0.418 e. The molecule has 0 aliphatic carbocycles. The molecule has 4 aliphatic rings. The molecule has 0 bridgehead atoms. The van der Waals surface area contributed by atoms with Gasteiger partial charge in [-0.1, -0.05) is 11.6 Å². The van der Waals surface area contributed by atoms with Crippen LogP contribution >= 0.6 is 11.6 Å². The second-order valence-electron chi connectivity index (χ2n) is 11.1. The van der Waals surface area contributed by atoms with Crippen molar-refractivity contribution in [2.75, 3.05) is 43.9 Å². The molecule has 2 aromatic rings. The summed E-state index contributed by atoms with van der Waals surface area (Å²) in [5, 5.41) is -0.553. The number of nitrogens with zero attached hydrogens (tertiary/aromatic N) is 4. The summed E-state index contributed by atoms with van der Waals surface area (Å²) in [6, 6.07) is 2.75. The summed E-state index contributed by atoms with van der Waals surface area (Å²) < 4.78 is 103. The highest BCUT2D eigenvalue weighted by atomic mass is 35.5. The molecule has 0 spiro atoms. The largest absolute Gasteiger partial charge is 0.467 e. The van der Waals surface area contributed by atoms with Gasteiger partial charge in [0.15, 0.2) is 0 Å². The summed E-state index contributed by atoms with van der Waals surface area (Å²) in [5.41, 5.74) is 6.20. The summed E-state index contributed by atoms with van der Waals surface area (Å²) in [4.78, 5) is 12.3. The number of alkyl halides is 6. The maximum absolute atomic E-state index is 13.7. The van der Waals surface area contributed by atoms with Gasteiger partial charge in [0.25, 0.3) is 0 Å². The third-order valence-corrected chi connectivity index (χ3v) is 8.62. The Hall–Kier alpha value is -2.84. The van der Waals surface area contributed by atoms with E-state index in [1.807, 2.05) is 0 Å². The van der Waals surface area contributed by atoms with E-state index in [2.05, 4.69) is 14.9 Å². The molecule has 4 aliphatic heterocycles. The number of hydrogen-bond acceptors (Lipinski definition) is 7. The van der Waals surface area contributed by atoms with Crippen LogP contribution < -0.4 is 15.4 Å². The SMILES string of the molecule is COc1nc2c(c(N3CCC(C(F)(F)F)C3)n1)COC(c1cc(N)cc(Cl)c1C(F)(F)F)C2.F/C=C1/CC2CCCN2C1. The second-order valence-corrected chi connectivity index (χ2v) is 11.5. The monoisotopic (exact) mass is 637 g/mol. The van der Waals surface area contributed by atoms with Gasteiger partial charge in [0, 0.05) is 43.3 Å². The van der Waals surface area contributed by atoms with E-state index in [1.165, 1.54) is 31.4 Å². The number of fused-ring (bicyclic) bond motifs is 2. The number of anilines is 2. The zero-order chi connectivity index (χ0) is 31.1. The fourth-order valence-corrected chi connectivity index (χ4v) is 6.59. The fourth-order valence-electron chi connectivity index (χ4n) is 6.25. The summed E-state index contributed by atoms with van der Waals surface area (Å²) in [5.74, 6) is -1.28. The molecule has 15 heteroatoms. The first-order valence-corrected chi connectivity index (χ1v) is 14.2. The average Bonchev–Trinajstić information content (AvgIpc) is 3.68. The van der Waals surface area contributed by atoms with Gasteiger partial charge in [0.1, 0.15) is 5.82 Å². The highest BCUT2D eigenvalue weighted by Crippen LogP contribution is 2.45. The van der Waals surface area contributed by atoms with Crippen molar-refractivity contribution < 1.29 is 40.2 Å². The van der Waals surface area contributed by atoms with Gasteiger partial charge < -0.3 is 20.1 Å². The predicted octanol–water partition coefficient (Wildman–Crippen LogP) is 6.65. The molecule has 7 nitrogen and oxygen atoms in total. The third-order valence-electron chi connectivity index (χ3n) is 8.32. The van der Waals surface area contributed by atoms with E-state index in [4.69, 9.17) is 26.8 Å². The molecule has 0 amide bonds. The number of aromatic nitrogens is 2. The van der Waals surface area contributed by atoms with Gasteiger partial charge in [-0.05, 0) is 55.5 Å². The van der Waals surface area contributed by atoms with E-state index in [-0.39, 0.29) is 55.6 Å². The Morgan fingerprint density at radius 1 is 1.09 bits per heavy atom. The number of nitrogens with two attached hydrogens (primary N) is 1. The highest BCUT2D eigenvalue weighted by molar-refractivity contribution is 6.31. The first kappa shape index (κ1) is 31.6. The van der Waals surface area contributed by atoms with Gasteiger partial charge >= 0.3 is 18.4 Å². The minimum absolute atomic E-state index is 0.0358.